The van der Waals surface area contributed by atoms with Gasteiger partial charge in [0, 0.05) is 11.1 Å². The van der Waals surface area contributed by atoms with Crippen molar-refractivity contribution in [3.63, 3.8) is 0 Å². The standard InChI is InChI=1S/C16H19NO3S/c1-12(2)10-21(19,20)11-16(18)17-15-9-5-7-13-6-3-4-8-14(13)15/h3-9,12H,10-11H2,1-2H3,(H,17,18). The van der Waals surface area contributed by atoms with Gasteiger partial charge in [-0.25, -0.2) is 8.42 Å². The van der Waals surface area contributed by atoms with E-state index in [1.807, 2.05) is 50.2 Å². The number of amides is 1. The van der Waals surface area contributed by atoms with E-state index in [-0.39, 0.29) is 11.7 Å². The molecule has 1 N–H and O–H groups in total. The van der Waals surface area contributed by atoms with Crippen LogP contribution in [-0.4, -0.2) is 25.8 Å². The molecular weight excluding hydrogens is 286 g/mol. The Balaban J connectivity index is 2.16. The second kappa shape index (κ2) is 6.26. The maximum Gasteiger partial charge on any atom is 0.239 e. The lowest BCUT2D eigenvalue weighted by Gasteiger charge is -2.10. The first-order valence-electron chi connectivity index (χ1n) is 6.85. The summed E-state index contributed by atoms with van der Waals surface area (Å²) in [6.07, 6.45) is 0. The van der Waals surface area contributed by atoms with Crippen LogP contribution in [0, 0.1) is 5.92 Å². The van der Waals surface area contributed by atoms with Gasteiger partial charge in [-0.3, -0.25) is 4.79 Å². The third-order valence-electron chi connectivity index (χ3n) is 3.00. The van der Waals surface area contributed by atoms with Crippen LogP contribution in [0.15, 0.2) is 42.5 Å². The summed E-state index contributed by atoms with van der Waals surface area (Å²) < 4.78 is 23.7. The normalized spacial score (nSPS) is 11.8. The second-order valence-corrected chi connectivity index (χ2v) is 7.63. The van der Waals surface area contributed by atoms with Crippen molar-refractivity contribution in [3.05, 3.63) is 42.5 Å². The van der Waals surface area contributed by atoms with Gasteiger partial charge in [0.25, 0.3) is 0 Å². The first kappa shape index (κ1) is 15.5. The zero-order valence-corrected chi connectivity index (χ0v) is 13.0. The molecular formula is C16H19NO3S. The minimum absolute atomic E-state index is 0.0142. The molecule has 112 valence electrons. The lowest BCUT2D eigenvalue weighted by molar-refractivity contribution is -0.113. The van der Waals surface area contributed by atoms with Crippen molar-refractivity contribution in [2.75, 3.05) is 16.8 Å². The molecule has 0 aliphatic heterocycles. The molecule has 0 bridgehead atoms. The van der Waals surface area contributed by atoms with E-state index in [0.717, 1.165) is 10.8 Å². The molecule has 2 rings (SSSR count). The van der Waals surface area contributed by atoms with Gasteiger partial charge in [-0.15, -0.1) is 0 Å². The van der Waals surface area contributed by atoms with Gasteiger partial charge < -0.3 is 5.32 Å². The SMILES string of the molecule is CC(C)CS(=O)(=O)CC(=O)Nc1cccc2ccccc12. The quantitative estimate of drug-likeness (QED) is 0.924. The zero-order valence-electron chi connectivity index (χ0n) is 12.2. The van der Waals surface area contributed by atoms with Gasteiger partial charge in [0.05, 0.1) is 5.75 Å². The van der Waals surface area contributed by atoms with Gasteiger partial charge in [-0.1, -0.05) is 50.2 Å². The Morgan fingerprint density at radius 2 is 1.76 bits per heavy atom. The fraction of sp³-hybridized carbons (Fsp3) is 0.312. The van der Waals surface area contributed by atoms with Gasteiger partial charge in [0.2, 0.25) is 5.91 Å². The number of carbonyl (C=O) groups excluding carboxylic acids is 1. The van der Waals surface area contributed by atoms with Crippen LogP contribution in [0.3, 0.4) is 0 Å². The molecule has 0 saturated heterocycles. The van der Waals surface area contributed by atoms with E-state index in [0.29, 0.717) is 5.69 Å². The van der Waals surface area contributed by atoms with Crippen LogP contribution in [0.4, 0.5) is 5.69 Å². The maximum atomic E-state index is 12.0. The number of nitrogens with one attached hydrogen (secondary N) is 1. The van der Waals surface area contributed by atoms with Gasteiger partial charge in [0.1, 0.15) is 5.75 Å². The fourth-order valence-corrected chi connectivity index (χ4v) is 3.89. The van der Waals surface area contributed by atoms with Crippen molar-refractivity contribution in [2.45, 2.75) is 13.8 Å². The van der Waals surface area contributed by atoms with Crippen LogP contribution in [0.2, 0.25) is 0 Å². The lowest BCUT2D eigenvalue weighted by Crippen LogP contribution is -2.26. The summed E-state index contributed by atoms with van der Waals surface area (Å²) in [4.78, 5) is 12.0. The van der Waals surface area contributed by atoms with Crippen molar-refractivity contribution in [1.82, 2.24) is 0 Å². The molecule has 0 aromatic heterocycles. The molecule has 0 fully saturated rings. The van der Waals surface area contributed by atoms with Crippen molar-refractivity contribution in [1.29, 1.82) is 0 Å². The highest BCUT2D eigenvalue weighted by Crippen LogP contribution is 2.22. The first-order chi connectivity index (χ1) is 9.87. The van der Waals surface area contributed by atoms with E-state index >= 15 is 0 Å². The predicted octanol–water partition coefficient (Wildman–Crippen LogP) is 2.85. The van der Waals surface area contributed by atoms with E-state index in [9.17, 15) is 13.2 Å². The van der Waals surface area contributed by atoms with Crippen LogP contribution in [-0.2, 0) is 14.6 Å². The van der Waals surface area contributed by atoms with E-state index in [4.69, 9.17) is 0 Å². The molecule has 4 nitrogen and oxygen atoms in total. The van der Waals surface area contributed by atoms with Crippen LogP contribution in [0.5, 0.6) is 0 Å². The van der Waals surface area contributed by atoms with Crippen molar-refractivity contribution in [3.8, 4) is 0 Å². The topological polar surface area (TPSA) is 63.2 Å². The van der Waals surface area contributed by atoms with E-state index < -0.39 is 21.5 Å². The molecule has 5 heteroatoms. The van der Waals surface area contributed by atoms with E-state index in [2.05, 4.69) is 5.32 Å². The average Bonchev–Trinajstić information content (AvgIpc) is 2.36. The Kier molecular flexibility index (Phi) is 4.63. The number of benzene rings is 2. The fourth-order valence-electron chi connectivity index (χ4n) is 2.29. The highest BCUT2D eigenvalue weighted by molar-refractivity contribution is 7.92. The summed E-state index contributed by atoms with van der Waals surface area (Å²) in [5, 5.41) is 4.59. The van der Waals surface area contributed by atoms with Crippen LogP contribution >= 0.6 is 0 Å². The smallest absolute Gasteiger partial charge is 0.239 e. The number of rotatable bonds is 5. The van der Waals surface area contributed by atoms with Crippen LogP contribution in [0.1, 0.15) is 13.8 Å². The average molecular weight is 305 g/mol. The van der Waals surface area contributed by atoms with Crippen molar-refractivity contribution in [2.24, 2.45) is 5.92 Å². The summed E-state index contributed by atoms with van der Waals surface area (Å²) in [5.74, 6) is -0.933. The lowest BCUT2D eigenvalue weighted by atomic mass is 10.1. The molecule has 21 heavy (non-hydrogen) atoms. The van der Waals surface area contributed by atoms with E-state index in [1.165, 1.54) is 0 Å². The van der Waals surface area contributed by atoms with Gasteiger partial charge in [0.15, 0.2) is 9.84 Å². The Morgan fingerprint density at radius 1 is 1.10 bits per heavy atom. The third kappa shape index (κ3) is 4.29. The van der Waals surface area contributed by atoms with Crippen LogP contribution < -0.4 is 5.32 Å². The number of carbonyl (C=O) groups is 1. The van der Waals surface area contributed by atoms with Crippen LogP contribution in [0.25, 0.3) is 10.8 Å². The van der Waals surface area contributed by atoms with Crippen molar-refractivity contribution >= 4 is 32.2 Å². The highest BCUT2D eigenvalue weighted by atomic mass is 32.2. The molecule has 0 aliphatic rings. The van der Waals surface area contributed by atoms with Crippen molar-refractivity contribution < 1.29 is 13.2 Å². The van der Waals surface area contributed by atoms with Gasteiger partial charge in [-0.05, 0) is 17.4 Å². The predicted molar refractivity (Wildman–Crippen MR) is 86.1 cm³/mol. The second-order valence-electron chi connectivity index (χ2n) is 5.52. The largest absolute Gasteiger partial charge is 0.325 e. The molecule has 1 amide bonds. The molecule has 0 unspecified atom stereocenters. The number of sulfone groups is 1. The molecule has 0 atom stereocenters. The molecule has 0 aliphatic carbocycles. The maximum absolute atomic E-state index is 12.0. The molecule has 0 saturated carbocycles. The number of anilines is 1. The summed E-state index contributed by atoms with van der Waals surface area (Å²) in [6, 6.07) is 13.2. The molecule has 0 spiro atoms. The zero-order chi connectivity index (χ0) is 15.5. The molecule has 2 aromatic carbocycles. The molecule has 2 aromatic rings. The Morgan fingerprint density at radius 3 is 2.48 bits per heavy atom. The third-order valence-corrected chi connectivity index (χ3v) is 4.88. The van der Waals surface area contributed by atoms with E-state index in [1.54, 1.807) is 6.07 Å². The monoisotopic (exact) mass is 305 g/mol. The summed E-state index contributed by atoms with van der Waals surface area (Å²) in [5.41, 5.74) is 0.637. The highest BCUT2D eigenvalue weighted by Gasteiger charge is 2.18. The van der Waals surface area contributed by atoms with Gasteiger partial charge in [-0.2, -0.15) is 0 Å². The minimum atomic E-state index is -3.37. The Hall–Kier alpha value is -1.88. The number of hydrogen-bond donors (Lipinski definition) is 1. The Bertz CT molecular complexity index is 746. The summed E-state index contributed by atoms with van der Waals surface area (Å²) in [6.45, 7) is 3.64. The number of fused-ring (bicyclic) bond motifs is 1. The van der Waals surface area contributed by atoms with Gasteiger partial charge >= 0.3 is 0 Å². The molecule has 0 heterocycles. The molecule has 0 radical (unpaired) electrons. The Labute approximate surface area is 125 Å². The number of hydrogen-bond acceptors (Lipinski definition) is 3. The minimum Gasteiger partial charge on any atom is -0.325 e. The summed E-state index contributed by atoms with van der Waals surface area (Å²) >= 11 is 0. The first-order valence-corrected chi connectivity index (χ1v) is 8.67. The summed E-state index contributed by atoms with van der Waals surface area (Å²) in [7, 11) is -3.37.